The Morgan fingerprint density at radius 2 is 1.97 bits per heavy atom. The maximum atomic E-state index is 13.2. The minimum Gasteiger partial charge on any atom is -0.361 e. The van der Waals surface area contributed by atoms with Gasteiger partial charge in [-0.1, -0.05) is 26.6 Å². The van der Waals surface area contributed by atoms with Crippen molar-refractivity contribution >= 4 is 35.1 Å². The van der Waals surface area contributed by atoms with Crippen molar-refractivity contribution in [2.24, 2.45) is 5.92 Å². The summed E-state index contributed by atoms with van der Waals surface area (Å²) in [6.45, 7) is 10.2. The highest BCUT2D eigenvalue weighted by Crippen LogP contribution is 2.40. The third-order valence-electron chi connectivity index (χ3n) is 7.22. The molecule has 1 aliphatic heterocycles. The summed E-state index contributed by atoms with van der Waals surface area (Å²) in [4.78, 5) is 9.24. The Morgan fingerprint density at radius 3 is 2.69 bits per heavy atom. The van der Waals surface area contributed by atoms with Crippen molar-refractivity contribution in [3.05, 3.63) is 30.4 Å². The first-order chi connectivity index (χ1) is 16.5. The largest absolute Gasteiger partial charge is 0.361 e. The van der Waals surface area contributed by atoms with Crippen molar-refractivity contribution in [1.29, 1.82) is 0 Å². The van der Waals surface area contributed by atoms with Crippen LogP contribution in [0.3, 0.4) is 0 Å². The van der Waals surface area contributed by atoms with Crippen LogP contribution in [0.25, 0.3) is 16.8 Å². The number of rotatable bonds is 9. The molecule has 4 heterocycles. The van der Waals surface area contributed by atoms with E-state index in [2.05, 4.69) is 45.7 Å². The number of nitrogens with one attached hydrogen (secondary N) is 1. The number of nitrogens with zero attached hydrogens (tertiary/aromatic N) is 5. The molecule has 0 aromatic carbocycles. The van der Waals surface area contributed by atoms with Gasteiger partial charge in [-0.2, -0.15) is 17.4 Å². The first kappa shape index (κ1) is 24.8. The molecule has 2 fully saturated rings. The predicted molar refractivity (Wildman–Crippen MR) is 136 cm³/mol. The number of fused-ring (bicyclic) bond motifs is 3. The summed E-state index contributed by atoms with van der Waals surface area (Å²) < 4.78 is 52.4. The molecule has 9 nitrogen and oxygen atoms in total. The molecule has 1 saturated carbocycles. The van der Waals surface area contributed by atoms with Crippen molar-refractivity contribution in [2.75, 3.05) is 19.7 Å². The van der Waals surface area contributed by atoms with Gasteiger partial charge in [0, 0.05) is 57.8 Å². The number of hydrogen-bond donors (Lipinski definition) is 1. The molecule has 3 aromatic rings. The molecule has 192 valence electrons. The van der Waals surface area contributed by atoms with Gasteiger partial charge in [-0.25, -0.2) is 14.4 Å². The van der Waals surface area contributed by atoms with Crippen LogP contribution >= 0.6 is 0 Å². The van der Waals surface area contributed by atoms with Gasteiger partial charge in [-0.05, 0) is 30.9 Å². The molecule has 0 radical (unpaired) electrons. The van der Waals surface area contributed by atoms with Gasteiger partial charge in [-0.15, -0.1) is 0 Å². The van der Waals surface area contributed by atoms with Crippen molar-refractivity contribution in [3.63, 3.8) is 0 Å². The van der Waals surface area contributed by atoms with Crippen LogP contribution in [-0.4, -0.2) is 71.6 Å². The zero-order valence-electron chi connectivity index (χ0n) is 20.8. The first-order valence-electron chi connectivity index (χ1n) is 12.3. The van der Waals surface area contributed by atoms with Gasteiger partial charge in [-0.3, -0.25) is 4.40 Å². The van der Waals surface area contributed by atoms with E-state index in [9.17, 15) is 12.8 Å². The number of ether oxygens (including phenoxy) is 1. The van der Waals surface area contributed by atoms with Crippen LogP contribution in [0.1, 0.15) is 31.4 Å². The first-order valence-corrected chi connectivity index (χ1v) is 17.5. The zero-order chi connectivity index (χ0) is 25.0. The lowest BCUT2D eigenvalue weighted by Gasteiger charge is -2.33. The van der Waals surface area contributed by atoms with Crippen LogP contribution in [-0.2, 0) is 21.7 Å². The van der Waals surface area contributed by atoms with E-state index in [0.29, 0.717) is 13.2 Å². The molecule has 3 atom stereocenters. The molecule has 0 unspecified atom stereocenters. The van der Waals surface area contributed by atoms with E-state index in [0.717, 1.165) is 41.6 Å². The number of imidazole rings is 1. The summed E-state index contributed by atoms with van der Waals surface area (Å²) in [5.41, 5.74) is 3.64. The Bertz CT molecular complexity index is 1310. The Labute approximate surface area is 206 Å². The molecule has 5 rings (SSSR count). The summed E-state index contributed by atoms with van der Waals surface area (Å²) >= 11 is 0. The Balaban J connectivity index is 1.34. The molecule has 3 aromatic heterocycles. The second-order valence-electron chi connectivity index (χ2n) is 11.3. The van der Waals surface area contributed by atoms with E-state index in [1.807, 2.05) is 23.0 Å². The molecule has 1 N–H and O–H groups in total. The average Bonchev–Trinajstić information content (AvgIpc) is 3.44. The number of aromatic nitrogens is 4. The number of hydrogen-bond acceptors (Lipinski definition) is 5. The third-order valence-corrected chi connectivity index (χ3v) is 10.5. The normalized spacial score (nSPS) is 24.5. The van der Waals surface area contributed by atoms with Gasteiger partial charge in [0.2, 0.25) is 0 Å². The molecular formula is C23H35FN6O3SSi. The molecule has 1 aliphatic carbocycles. The lowest BCUT2D eigenvalue weighted by Crippen LogP contribution is -2.56. The smallest absolute Gasteiger partial charge is 0.279 e. The highest BCUT2D eigenvalue weighted by Gasteiger charge is 2.41. The van der Waals surface area contributed by atoms with E-state index >= 15 is 0 Å². The Kier molecular flexibility index (Phi) is 6.54. The summed E-state index contributed by atoms with van der Waals surface area (Å²) in [5.74, 6) is 0.410. The lowest BCUT2D eigenvalue weighted by atomic mass is 9.95. The van der Waals surface area contributed by atoms with Gasteiger partial charge in [0.05, 0.1) is 11.7 Å². The molecule has 1 saturated heterocycles. The van der Waals surface area contributed by atoms with Crippen molar-refractivity contribution < 1.29 is 17.5 Å². The monoisotopic (exact) mass is 522 g/mol. The second-order valence-corrected chi connectivity index (χ2v) is 18.6. The molecule has 12 heteroatoms. The molecule has 35 heavy (non-hydrogen) atoms. The molecule has 0 amide bonds. The Hall–Kier alpha value is -1.86. The zero-order valence-corrected chi connectivity index (χ0v) is 22.6. The Morgan fingerprint density at radius 1 is 1.20 bits per heavy atom. The molecule has 2 aliphatic rings. The average molecular weight is 523 g/mol. The minimum atomic E-state index is -3.65. The van der Waals surface area contributed by atoms with E-state index in [1.165, 1.54) is 4.31 Å². The highest BCUT2D eigenvalue weighted by atomic mass is 32.2. The van der Waals surface area contributed by atoms with Gasteiger partial charge in [0.25, 0.3) is 10.2 Å². The van der Waals surface area contributed by atoms with Crippen LogP contribution in [0, 0.1) is 5.92 Å². The van der Waals surface area contributed by atoms with Crippen molar-refractivity contribution in [1.82, 2.24) is 28.0 Å². The van der Waals surface area contributed by atoms with E-state index < -0.39 is 24.5 Å². The lowest BCUT2D eigenvalue weighted by molar-refractivity contribution is 0.0899. The fraction of sp³-hybridized carbons (Fsp3) is 0.652. The van der Waals surface area contributed by atoms with E-state index in [4.69, 9.17) is 4.74 Å². The molecular weight excluding hydrogens is 487 g/mol. The van der Waals surface area contributed by atoms with Gasteiger partial charge >= 0.3 is 0 Å². The maximum Gasteiger partial charge on any atom is 0.279 e. The quantitative estimate of drug-likeness (QED) is 0.344. The van der Waals surface area contributed by atoms with E-state index in [-0.39, 0.29) is 31.0 Å². The number of halogens is 1. The van der Waals surface area contributed by atoms with Crippen molar-refractivity contribution in [2.45, 2.75) is 70.3 Å². The van der Waals surface area contributed by atoms with Crippen LogP contribution < -0.4 is 4.72 Å². The van der Waals surface area contributed by atoms with Crippen LogP contribution in [0.15, 0.2) is 24.7 Å². The highest BCUT2D eigenvalue weighted by molar-refractivity contribution is 7.87. The van der Waals surface area contributed by atoms with Crippen molar-refractivity contribution in [3.8, 4) is 0 Å². The predicted octanol–water partition coefficient (Wildman–Crippen LogP) is 3.37. The van der Waals surface area contributed by atoms with Gasteiger partial charge in [0.1, 0.15) is 12.9 Å². The fourth-order valence-electron chi connectivity index (χ4n) is 5.15. The van der Waals surface area contributed by atoms with E-state index in [1.54, 1.807) is 6.20 Å². The summed E-state index contributed by atoms with van der Waals surface area (Å²) in [5, 5.41) is 0. The summed E-state index contributed by atoms with van der Waals surface area (Å²) in [6.07, 6.45) is 6.00. The molecule has 0 spiro atoms. The topological polar surface area (TPSA) is 93.8 Å². The van der Waals surface area contributed by atoms with Crippen LogP contribution in [0.4, 0.5) is 4.39 Å². The standard InChI is InChI=1S/C23H35FN6O3SSi/c1-16-9-18(27-34(31,32)29-13-17(24)14-29)10-19(16)21-11-25-22-12-26-23-20(30(21)22)5-6-28(23)15-33-7-8-35(2,3)4/h5-6,11-12,16-19,27H,7-10,13-15H2,1-4H3/t16-,18+,19+/m1/s1. The SMILES string of the molecule is C[C@@H]1C[C@H](NS(=O)(=O)N2CC(F)C2)C[C@@H]1c1cnc2cnc3c(ccn3COCC[Si](C)(C)C)n12. The fourth-order valence-corrected chi connectivity index (χ4v) is 7.39. The van der Waals surface area contributed by atoms with Crippen LogP contribution in [0.2, 0.25) is 25.7 Å². The summed E-state index contributed by atoms with van der Waals surface area (Å²) in [7, 11) is -4.80. The second kappa shape index (κ2) is 9.22. The summed E-state index contributed by atoms with van der Waals surface area (Å²) in [6, 6.07) is 2.97. The van der Waals surface area contributed by atoms with Gasteiger partial charge < -0.3 is 9.30 Å². The maximum absolute atomic E-state index is 13.2. The minimum absolute atomic E-state index is 0.0574. The number of alkyl halides is 1. The van der Waals surface area contributed by atoms with Gasteiger partial charge in [0.15, 0.2) is 11.3 Å². The molecule has 0 bridgehead atoms. The third kappa shape index (κ3) is 5.04. The van der Waals surface area contributed by atoms with Crippen LogP contribution in [0.5, 0.6) is 0 Å².